The molecule has 2 aromatic rings. The van der Waals surface area contributed by atoms with Crippen molar-refractivity contribution in [3.63, 3.8) is 0 Å². The lowest BCUT2D eigenvalue weighted by Gasteiger charge is -1.99. The van der Waals surface area contributed by atoms with Crippen LogP contribution >= 0.6 is 39.1 Å². The van der Waals surface area contributed by atoms with Gasteiger partial charge in [0, 0.05) is 16.7 Å². The van der Waals surface area contributed by atoms with E-state index in [1.807, 2.05) is 0 Å². The Balaban J connectivity index is 2.52. The van der Waals surface area contributed by atoms with Gasteiger partial charge < -0.3 is 4.52 Å². The highest BCUT2D eigenvalue weighted by Crippen LogP contribution is 2.30. The van der Waals surface area contributed by atoms with Crippen LogP contribution in [-0.4, -0.2) is 5.16 Å². The van der Waals surface area contributed by atoms with Crippen molar-refractivity contribution in [2.75, 3.05) is 0 Å². The van der Waals surface area contributed by atoms with E-state index in [1.54, 1.807) is 24.3 Å². The van der Waals surface area contributed by atoms with Gasteiger partial charge in [-0.15, -0.1) is 0 Å². The standard InChI is InChI=1S/C9H4BrCl2NO/c10-9-4-8(13-14-9)6-2-1-5(11)3-7(6)12/h1-4H. The van der Waals surface area contributed by atoms with Crippen LogP contribution in [-0.2, 0) is 0 Å². The monoisotopic (exact) mass is 291 g/mol. The Morgan fingerprint density at radius 1 is 1.21 bits per heavy atom. The summed E-state index contributed by atoms with van der Waals surface area (Å²) in [7, 11) is 0. The molecule has 0 radical (unpaired) electrons. The Morgan fingerprint density at radius 2 is 2.00 bits per heavy atom. The van der Waals surface area contributed by atoms with Gasteiger partial charge in [0.05, 0.1) is 5.02 Å². The lowest BCUT2D eigenvalue weighted by atomic mass is 10.1. The summed E-state index contributed by atoms with van der Waals surface area (Å²) >= 11 is 14.9. The van der Waals surface area contributed by atoms with Gasteiger partial charge in [-0.25, -0.2) is 0 Å². The third kappa shape index (κ3) is 1.95. The molecule has 2 rings (SSSR count). The van der Waals surface area contributed by atoms with Gasteiger partial charge in [0.1, 0.15) is 5.69 Å². The van der Waals surface area contributed by atoms with Crippen LogP contribution in [0.2, 0.25) is 10.0 Å². The van der Waals surface area contributed by atoms with E-state index in [1.165, 1.54) is 0 Å². The molecular formula is C9H4BrCl2NO. The summed E-state index contributed by atoms with van der Waals surface area (Å²) in [6.45, 7) is 0. The molecule has 0 N–H and O–H groups in total. The molecule has 0 aliphatic heterocycles. The van der Waals surface area contributed by atoms with Gasteiger partial charge in [0.15, 0.2) is 0 Å². The third-order valence-corrected chi connectivity index (χ3v) is 2.61. The highest BCUT2D eigenvalue weighted by molar-refractivity contribution is 9.10. The second-order valence-corrected chi connectivity index (χ2v) is 4.27. The highest BCUT2D eigenvalue weighted by atomic mass is 79.9. The van der Waals surface area contributed by atoms with Gasteiger partial charge in [-0.1, -0.05) is 28.4 Å². The van der Waals surface area contributed by atoms with Gasteiger partial charge in [0.25, 0.3) is 0 Å². The van der Waals surface area contributed by atoms with E-state index in [2.05, 4.69) is 21.1 Å². The summed E-state index contributed by atoms with van der Waals surface area (Å²) in [4.78, 5) is 0. The molecule has 0 saturated heterocycles. The van der Waals surface area contributed by atoms with Crippen molar-refractivity contribution in [3.05, 3.63) is 39.0 Å². The first-order chi connectivity index (χ1) is 6.66. The molecule has 0 aliphatic carbocycles. The quantitative estimate of drug-likeness (QED) is 0.778. The fourth-order valence-electron chi connectivity index (χ4n) is 1.08. The van der Waals surface area contributed by atoms with Gasteiger partial charge >= 0.3 is 0 Å². The smallest absolute Gasteiger partial charge is 0.202 e. The first-order valence-corrected chi connectivity index (χ1v) is 5.29. The molecule has 0 saturated carbocycles. The summed E-state index contributed by atoms with van der Waals surface area (Å²) in [6, 6.07) is 6.97. The second-order valence-electron chi connectivity index (χ2n) is 2.64. The molecule has 0 unspecified atom stereocenters. The lowest BCUT2D eigenvalue weighted by molar-refractivity contribution is 0.402. The van der Waals surface area contributed by atoms with Crippen LogP contribution in [0.5, 0.6) is 0 Å². The first-order valence-electron chi connectivity index (χ1n) is 3.74. The number of rotatable bonds is 1. The average molecular weight is 293 g/mol. The number of halogens is 3. The molecule has 0 bridgehead atoms. The van der Waals surface area contributed by atoms with Crippen molar-refractivity contribution < 1.29 is 4.52 Å². The maximum absolute atomic E-state index is 5.99. The second kappa shape index (κ2) is 3.93. The van der Waals surface area contributed by atoms with E-state index in [-0.39, 0.29) is 0 Å². The zero-order valence-electron chi connectivity index (χ0n) is 6.80. The molecule has 72 valence electrons. The number of hydrogen-bond acceptors (Lipinski definition) is 2. The van der Waals surface area contributed by atoms with Crippen molar-refractivity contribution in [1.82, 2.24) is 5.16 Å². The van der Waals surface area contributed by atoms with E-state index >= 15 is 0 Å². The fraction of sp³-hybridized carbons (Fsp3) is 0. The third-order valence-electron chi connectivity index (χ3n) is 1.69. The minimum absolute atomic E-state index is 0.554. The van der Waals surface area contributed by atoms with Gasteiger partial charge in [-0.2, -0.15) is 0 Å². The summed E-state index contributed by atoms with van der Waals surface area (Å²) in [5.74, 6) is 0. The molecule has 14 heavy (non-hydrogen) atoms. The summed E-state index contributed by atoms with van der Waals surface area (Å²) in [5, 5.41) is 4.98. The predicted molar refractivity (Wildman–Crippen MR) is 59.7 cm³/mol. The van der Waals surface area contributed by atoms with Crippen LogP contribution in [0.25, 0.3) is 11.3 Å². The van der Waals surface area contributed by atoms with Crippen LogP contribution < -0.4 is 0 Å². The van der Waals surface area contributed by atoms with Crippen LogP contribution in [0.1, 0.15) is 0 Å². The predicted octanol–water partition coefficient (Wildman–Crippen LogP) is 4.41. The number of hydrogen-bond donors (Lipinski definition) is 0. The highest BCUT2D eigenvalue weighted by Gasteiger charge is 2.08. The maximum atomic E-state index is 5.99. The minimum Gasteiger partial charge on any atom is -0.349 e. The molecule has 0 aliphatic rings. The van der Waals surface area contributed by atoms with E-state index in [0.717, 1.165) is 5.56 Å². The van der Waals surface area contributed by atoms with E-state index < -0.39 is 0 Å². The molecule has 2 nitrogen and oxygen atoms in total. The van der Waals surface area contributed by atoms with Crippen molar-refractivity contribution in [2.45, 2.75) is 0 Å². The SMILES string of the molecule is Clc1ccc(-c2cc(Br)on2)c(Cl)c1. The minimum atomic E-state index is 0.554. The Kier molecular flexibility index (Phi) is 2.81. The number of nitrogens with zero attached hydrogens (tertiary/aromatic N) is 1. The van der Waals surface area contributed by atoms with E-state index in [4.69, 9.17) is 27.7 Å². The summed E-state index contributed by atoms with van der Waals surface area (Å²) < 4.78 is 5.45. The first kappa shape index (κ1) is 10.0. The molecule has 0 fully saturated rings. The normalized spacial score (nSPS) is 10.5. The van der Waals surface area contributed by atoms with Gasteiger partial charge in [0.2, 0.25) is 4.67 Å². The largest absolute Gasteiger partial charge is 0.349 e. The Bertz CT molecular complexity index is 470. The van der Waals surface area contributed by atoms with Crippen molar-refractivity contribution >= 4 is 39.1 Å². The summed E-state index contributed by atoms with van der Waals surface area (Å²) in [6.07, 6.45) is 0. The van der Waals surface area contributed by atoms with E-state index in [9.17, 15) is 0 Å². The summed E-state index contributed by atoms with van der Waals surface area (Å²) in [5.41, 5.74) is 1.48. The van der Waals surface area contributed by atoms with Crippen LogP contribution in [0.3, 0.4) is 0 Å². The lowest BCUT2D eigenvalue weighted by Crippen LogP contribution is -1.78. The fourth-order valence-corrected chi connectivity index (χ4v) is 1.87. The molecule has 0 amide bonds. The van der Waals surface area contributed by atoms with Gasteiger partial charge in [-0.3, -0.25) is 0 Å². The van der Waals surface area contributed by atoms with Crippen molar-refractivity contribution in [2.24, 2.45) is 0 Å². The molecule has 0 spiro atoms. The number of benzene rings is 1. The molecule has 5 heteroatoms. The van der Waals surface area contributed by atoms with E-state index in [0.29, 0.717) is 20.4 Å². The van der Waals surface area contributed by atoms with Crippen molar-refractivity contribution in [3.8, 4) is 11.3 Å². The number of aromatic nitrogens is 1. The van der Waals surface area contributed by atoms with Crippen LogP contribution in [0, 0.1) is 0 Å². The maximum Gasteiger partial charge on any atom is 0.202 e. The molecule has 1 aromatic heterocycles. The molecule has 1 heterocycles. The molecule has 0 atom stereocenters. The van der Waals surface area contributed by atoms with Gasteiger partial charge in [-0.05, 0) is 34.1 Å². The van der Waals surface area contributed by atoms with Crippen LogP contribution in [0.15, 0.2) is 33.5 Å². The molecule has 1 aromatic carbocycles. The Labute approximate surface area is 98.9 Å². The average Bonchev–Trinajstić information content (AvgIpc) is 2.51. The molecular weight excluding hydrogens is 289 g/mol. The zero-order chi connectivity index (χ0) is 10.1. The Hall–Kier alpha value is -0.510. The van der Waals surface area contributed by atoms with Crippen molar-refractivity contribution in [1.29, 1.82) is 0 Å². The Morgan fingerprint density at radius 3 is 2.57 bits per heavy atom. The topological polar surface area (TPSA) is 26.0 Å². The zero-order valence-corrected chi connectivity index (χ0v) is 9.90. The van der Waals surface area contributed by atoms with Crippen LogP contribution in [0.4, 0.5) is 0 Å².